The van der Waals surface area contributed by atoms with Gasteiger partial charge in [0.1, 0.15) is 6.04 Å². The lowest BCUT2D eigenvalue weighted by atomic mass is 10.2. The molecule has 0 fully saturated rings. The molecule has 1 rings (SSSR count). The SMILES string of the molecule is Cc1ccoc1C(=O)N(C)C(C)C(=O)O. The molecule has 1 heterocycles. The van der Waals surface area contributed by atoms with Gasteiger partial charge in [0.25, 0.3) is 5.91 Å². The van der Waals surface area contributed by atoms with Crippen LogP contribution in [-0.4, -0.2) is 35.0 Å². The minimum absolute atomic E-state index is 0.186. The average Bonchev–Trinajstić information content (AvgIpc) is 2.60. The number of carboxylic acid groups (broad SMARTS) is 1. The number of hydrogen-bond donors (Lipinski definition) is 1. The van der Waals surface area contributed by atoms with Gasteiger partial charge in [-0.15, -0.1) is 0 Å². The van der Waals surface area contributed by atoms with Crippen molar-refractivity contribution >= 4 is 11.9 Å². The molecule has 1 atom stereocenters. The maximum absolute atomic E-state index is 11.7. The van der Waals surface area contributed by atoms with E-state index in [1.54, 1.807) is 13.0 Å². The first-order valence-corrected chi connectivity index (χ1v) is 4.49. The molecule has 0 radical (unpaired) electrons. The summed E-state index contributed by atoms with van der Waals surface area (Å²) in [4.78, 5) is 23.5. The fourth-order valence-corrected chi connectivity index (χ4v) is 1.09. The number of aliphatic carboxylic acids is 1. The summed E-state index contributed by atoms with van der Waals surface area (Å²) in [5.41, 5.74) is 0.699. The Balaban J connectivity index is 2.86. The van der Waals surface area contributed by atoms with Gasteiger partial charge in [-0.3, -0.25) is 4.79 Å². The summed E-state index contributed by atoms with van der Waals surface area (Å²) in [6.45, 7) is 3.18. The molecule has 1 aromatic heterocycles. The molecule has 1 unspecified atom stereocenters. The van der Waals surface area contributed by atoms with Crippen LogP contribution in [-0.2, 0) is 4.79 Å². The zero-order valence-corrected chi connectivity index (χ0v) is 8.85. The van der Waals surface area contributed by atoms with E-state index in [0.29, 0.717) is 5.56 Å². The first-order valence-electron chi connectivity index (χ1n) is 4.49. The summed E-state index contributed by atoms with van der Waals surface area (Å²) in [5, 5.41) is 8.74. The van der Waals surface area contributed by atoms with Crippen LogP contribution in [0.4, 0.5) is 0 Å². The van der Waals surface area contributed by atoms with E-state index in [1.807, 2.05) is 0 Å². The fourth-order valence-electron chi connectivity index (χ4n) is 1.09. The number of carbonyl (C=O) groups excluding carboxylic acids is 1. The van der Waals surface area contributed by atoms with Gasteiger partial charge in [-0.2, -0.15) is 0 Å². The molecule has 0 aliphatic heterocycles. The van der Waals surface area contributed by atoms with Gasteiger partial charge in [-0.25, -0.2) is 4.79 Å². The molecule has 0 saturated carbocycles. The summed E-state index contributed by atoms with van der Waals surface area (Å²) < 4.78 is 4.99. The predicted molar refractivity (Wildman–Crippen MR) is 52.6 cm³/mol. The van der Waals surface area contributed by atoms with Crippen molar-refractivity contribution in [2.24, 2.45) is 0 Å². The molecule has 15 heavy (non-hydrogen) atoms. The molecule has 1 N–H and O–H groups in total. The summed E-state index contributed by atoms with van der Waals surface area (Å²) in [6.07, 6.45) is 1.40. The molecular formula is C10H13NO4. The van der Waals surface area contributed by atoms with Gasteiger partial charge < -0.3 is 14.4 Å². The molecule has 5 nitrogen and oxygen atoms in total. The van der Waals surface area contributed by atoms with E-state index in [9.17, 15) is 9.59 Å². The average molecular weight is 211 g/mol. The van der Waals surface area contributed by atoms with Crippen molar-refractivity contribution in [2.75, 3.05) is 7.05 Å². The number of likely N-dealkylation sites (N-methyl/N-ethyl adjacent to an activating group) is 1. The molecule has 0 aliphatic rings. The predicted octanol–water partition coefficient (Wildman–Crippen LogP) is 1.13. The van der Waals surface area contributed by atoms with Gasteiger partial charge >= 0.3 is 5.97 Å². The summed E-state index contributed by atoms with van der Waals surface area (Å²) >= 11 is 0. The van der Waals surface area contributed by atoms with Crippen LogP contribution in [0.2, 0.25) is 0 Å². The van der Waals surface area contributed by atoms with Crippen LogP contribution in [0, 0.1) is 6.92 Å². The summed E-state index contributed by atoms with van der Waals surface area (Å²) in [6, 6.07) is 0.786. The Morgan fingerprint density at radius 2 is 2.13 bits per heavy atom. The second kappa shape index (κ2) is 4.16. The highest BCUT2D eigenvalue weighted by atomic mass is 16.4. The molecular weight excluding hydrogens is 198 g/mol. The molecule has 0 aliphatic carbocycles. The Hall–Kier alpha value is -1.78. The van der Waals surface area contributed by atoms with Gasteiger partial charge in [-0.1, -0.05) is 0 Å². The molecule has 1 amide bonds. The van der Waals surface area contributed by atoms with Gasteiger partial charge in [0.2, 0.25) is 0 Å². The number of amides is 1. The highest BCUT2D eigenvalue weighted by molar-refractivity contribution is 5.95. The Labute approximate surface area is 87.3 Å². The zero-order valence-electron chi connectivity index (χ0n) is 8.85. The van der Waals surface area contributed by atoms with E-state index in [-0.39, 0.29) is 5.76 Å². The number of aryl methyl sites for hydroxylation is 1. The first-order chi connectivity index (χ1) is 6.95. The monoisotopic (exact) mass is 211 g/mol. The minimum Gasteiger partial charge on any atom is -0.480 e. The highest BCUT2D eigenvalue weighted by Crippen LogP contribution is 2.12. The third-order valence-corrected chi connectivity index (χ3v) is 2.32. The second-order valence-corrected chi connectivity index (χ2v) is 3.36. The van der Waals surface area contributed by atoms with Crippen molar-refractivity contribution in [2.45, 2.75) is 19.9 Å². The molecule has 0 aromatic carbocycles. The van der Waals surface area contributed by atoms with Crippen LogP contribution < -0.4 is 0 Å². The largest absolute Gasteiger partial charge is 0.480 e. The Morgan fingerprint density at radius 3 is 2.53 bits per heavy atom. The van der Waals surface area contributed by atoms with Crippen LogP contribution in [0.3, 0.4) is 0 Å². The van der Waals surface area contributed by atoms with Crippen LogP contribution in [0.15, 0.2) is 16.7 Å². The molecule has 1 aromatic rings. The Kier molecular flexibility index (Phi) is 3.14. The number of hydrogen-bond acceptors (Lipinski definition) is 3. The van der Waals surface area contributed by atoms with Crippen molar-refractivity contribution < 1.29 is 19.1 Å². The summed E-state index contributed by atoms with van der Waals surface area (Å²) in [5.74, 6) is -1.28. The van der Waals surface area contributed by atoms with Crippen LogP contribution >= 0.6 is 0 Å². The number of carbonyl (C=O) groups is 2. The number of carboxylic acids is 1. The van der Waals surface area contributed by atoms with Crippen LogP contribution in [0.1, 0.15) is 23.0 Å². The van der Waals surface area contributed by atoms with Gasteiger partial charge in [0, 0.05) is 12.6 Å². The fraction of sp³-hybridized carbons (Fsp3) is 0.400. The van der Waals surface area contributed by atoms with E-state index in [4.69, 9.17) is 9.52 Å². The molecule has 0 spiro atoms. The molecule has 5 heteroatoms. The quantitative estimate of drug-likeness (QED) is 0.813. The van der Waals surface area contributed by atoms with E-state index >= 15 is 0 Å². The third kappa shape index (κ3) is 2.18. The van der Waals surface area contributed by atoms with Gasteiger partial charge in [-0.05, 0) is 19.9 Å². The standard InChI is InChI=1S/C10H13NO4/c1-6-4-5-15-8(6)9(12)11(3)7(2)10(13)14/h4-5,7H,1-3H3,(H,13,14). The van der Waals surface area contributed by atoms with Crippen molar-refractivity contribution in [3.63, 3.8) is 0 Å². The van der Waals surface area contributed by atoms with Crippen molar-refractivity contribution in [1.82, 2.24) is 4.90 Å². The van der Waals surface area contributed by atoms with E-state index in [1.165, 1.54) is 20.2 Å². The Morgan fingerprint density at radius 1 is 1.53 bits per heavy atom. The lowest BCUT2D eigenvalue weighted by Crippen LogP contribution is -2.40. The number of rotatable bonds is 3. The lowest BCUT2D eigenvalue weighted by Gasteiger charge is -2.20. The van der Waals surface area contributed by atoms with Gasteiger partial charge in [0.05, 0.1) is 6.26 Å². The van der Waals surface area contributed by atoms with E-state index < -0.39 is 17.9 Å². The van der Waals surface area contributed by atoms with Crippen LogP contribution in [0.5, 0.6) is 0 Å². The maximum atomic E-state index is 11.7. The van der Waals surface area contributed by atoms with E-state index in [0.717, 1.165) is 4.90 Å². The molecule has 82 valence electrons. The van der Waals surface area contributed by atoms with E-state index in [2.05, 4.69) is 0 Å². The van der Waals surface area contributed by atoms with Gasteiger partial charge in [0.15, 0.2) is 5.76 Å². The smallest absolute Gasteiger partial charge is 0.326 e. The normalized spacial score (nSPS) is 12.2. The third-order valence-electron chi connectivity index (χ3n) is 2.32. The topological polar surface area (TPSA) is 70.8 Å². The first kappa shape index (κ1) is 11.3. The van der Waals surface area contributed by atoms with Crippen molar-refractivity contribution in [3.8, 4) is 0 Å². The van der Waals surface area contributed by atoms with Crippen molar-refractivity contribution in [3.05, 3.63) is 23.7 Å². The van der Waals surface area contributed by atoms with Crippen LogP contribution in [0.25, 0.3) is 0 Å². The molecule has 0 bridgehead atoms. The molecule has 0 saturated heterocycles. The zero-order chi connectivity index (χ0) is 11.6. The number of furan rings is 1. The summed E-state index contributed by atoms with van der Waals surface area (Å²) in [7, 11) is 1.43. The highest BCUT2D eigenvalue weighted by Gasteiger charge is 2.25. The lowest BCUT2D eigenvalue weighted by molar-refractivity contribution is -0.141. The maximum Gasteiger partial charge on any atom is 0.326 e. The minimum atomic E-state index is -1.05. The second-order valence-electron chi connectivity index (χ2n) is 3.36. The Bertz CT molecular complexity index is 383. The number of nitrogens with zero attached hydrogens (tertiary/aromatic N) is 1. The van der Waals surface area contributed by atoms with Crippen molar-refractivity contribution in [1.29, 1.82) is 0 Å².